The number of hydrogen-bond acceptors (Lipinski definition) is 6. The fraction of sp³-hybridized carbons (Fsp3) is 0.368. The van der Waals surface area contributed by atoms with Crippen molar-refractivity contribution in [2.45, 2.75) is 19.0 Å². The van der Waals surface area contributed by atoms with Crippen LogP contribution < -0.4 is 14.5 Å². The van der Waals surface area contributed by atoms with Crippen LogP contribution in [0, 0.1) is 0 Å². The molecule has 1 saturated heterocycles. The van der Waals surface area contributed by atoms with Crippen LogP contribution in [0.1, 0.15) is 12.8 Å². The van der Waals surface area contributed by atoms with Gasteiger partial charge in [-0.05, 0) is 25.0 Å². The molecular weight excluding hydrogens is 346 g/mol. The summed E-state index contributed by atoms with van der Waals surface area (Å²) in [6.45, 7) is 1.42. The molecule has 2 amide bonds. The summed E-state index contributed by atoms with van der Waals surface area (Å²) in [7, 11) is 3.35. The average molecular weight is 367 g/mol. The van der Waals surface area contributed by atoms with Crippen LogP contribution in [0.2, 0.25) is 0 Å². The Kier molecular flexibility index (Phi) is 4.39. The molecule has 0 bridgehead atoms. The van der Waals surface area contributed by atoms with Crippen LogP contribution >= 0.6 is 0 Å². The first-order valence-corrected chi connectivity index (χ1v) is 8.92. The Hall–Kier alpha value is -3.16. The summed E-state index contributed by atoms with van der Waals surface area (Å²) < 4.78 is 5.39. The molecule has 0 radical (unpaired) electrons. The van der Waals surface area contributed by atoms with E-state index in [4.69, 9.17) is 4.74 Å². The summed E-state index contributed by atoms with van der Waals surface area (Å²) in [5.74, 6) is 1.70. The van der Waals surface area contributed by atoms with Crippen molar-refractivity contribution < 1.29 is 14.3 Å². The molecule has 0 spiro atoms. The van der Waals surface area contributed by atoms with E-state index in [1.54, 1.807) is 30.2 Å². The van der Waals surface area contributed by atoms with Crippen LogP contribution in [-0.4, -0.2) is 60.6 Å². The molecule has 2 aliphatic heterocycles. The van der Waals surface area contributed by atoms with Crippen molar-refractivity contribution in [3.05, 3.63) is 30.5 Å². The Morgan fingerprint density at radius 3 is 2.70 bits per heavy atom. The zero-order chi connectivity index (χ0) is 19.0. The number of aldehydes is 1. The van der Waals surface area contributed by atoms with E-state index in [0.717, 1.165) is 24.7 Å². The van der Waals surface area contributed by atoms with E-state index in [1.807, 2.05) is 24.3 Å². The van der Waals surface area contributed by atoms with Crippen molar-refractivity contribution in [1.29, 1.82) is 0 Å². The van der Waals surface area contributed by atoms with Gasteiger partial charge in [-0.25, -0.2) is 14.8 Å². The predicted molar refractivity (Wildman–Crippen MR) is 101 cm³/mol. The van der Waals surface area contributed by atoms with E-state index in [0.29, 0.717) is 36.2 Å². The number of urea groups is 1. The van der Waals surface area contributed by atoms with E-state index in [9.17, 15) is 9.59 Å². The van der Waals surface area contributed by atoms with Gasteiger partial charge in [0.2, 0.25) is 0 Å². The maximum absolute atomic E-state index is 13.0. The maximum Gasteiger partial charge on any atom is 0.326 e. The molecule has 8 heteroatoms. The molecule has 1 unspecified atom stereocenters. The Labute approximate surface area is 157 Å². The van der Waals surface area contributed by atoms with Crippen molar-refractivity contribution >= 4 is 23.8 Å². The van der Waals surface area contributed by atoms with Crippen molar-refractivity contribution in [2.24, 2.45) is 0 Å². The minimum atomic E-state index is -0.727. The largest absolute Gasteiger partial charge is 0.496 e. The zero-order valence-electron chi connectivity index (χ0n) is 15.3. The lowest BCUT2D eigenvalue weighted by molar-refractivity contribution is -0.108. The molecule has 8 nitrogen and oxygen atoms in total. The molecule has 0 aliphatic carbocycles. The van der Waals surface area contributed by atoms with Crippen molar-refractivity contribution in [2.75, 3.05) is 37.0 Å². The van der Waals surface area contributed by atoms with Crippen molar-refractivity contribution in [3.8, 4) is 17.1 Å². The molecule has 0 N–H and O–H groups in total. The first kappa shape index (κ1) is 17.3. The summed E-state index contributed by atoms with van der Waals surface area (Å²) in [5.41, 5.74) is 1.30. The second-order valence-electron chi connectivity index (χ2n) is 6.61. The number of carbonyl (C=O) groups excluding carboxylic acids is 2. The lowest BCUT2D eigenvalue weighted by Crippen LogP contribution is -2.50. The van der Waals surface area contributed by atoms with Gasteiger partial charge in [0.15, 0.2) is 24.1 Å². The van der Waals surface area contributed by atoms with E-state index < -0.39 is 6.17 Å². The van der Waals surface area contributed by atoms with Gasteiger partial charge in [0.05, 0.1) is 18.9 Å². The molecule has 1 fully saturated rings. The second kappa shape index (κ2) is 6.86. The number of rotatable bonds is 3. The molecule has 1 aromatic carbocycles. The monoisotopic (exact) mass is 367 g/mol. The smallest absolute Gasteiger partial charge is 0.326 e. The van der Waals surface area contributed by atoms with Gasteiger partial charge >= 0.3 is 6.03 Å². The van der Waals surface area contributed by atoms with Crippen LogP contribution in [0.15, 0.2) is 30.5 Å². The zero-order valence-corrected chi connectivity index (χ0v) is 15.3. The second-order valence-corrected chi connectivity index (χ2v) is 6.61. The number of methoxy groups -OCH3 is 1. The molecule has 2 aromatic rings. The molecule has 1 aromatic heterocycles. The molecule has 2 aliphatic rings. The number of hydrogen-bond donors (Lipinski definition) is 0. The molecule has 4 rings (SSSR count). The summed E-state index contributed by atoms with van der Waals surface area (Å²) >= 11 is 0. The van der Waals surface area contributed by atoms with Gasteiger partial charge < -0.3 is 14.5 Å². The summed E-state index contributed by atoms with van der Waals surface area (Å²) in [4.78, 5) is 38.8. The van der Waals surface area contributed by atoms with E-state index in [1.165, 1.54) is 4.90 Å². The number of aromatic nitrogens is 2. The average Bonchev–Trinajstić information content (AvgIpc) is 3.34. The topological polar surface area (TPSA) is 78.9 Å². The van der Waals surface area contributed by atoms with Gasteiger partial charge in [0, 0.05) is 20.1 Å². The Bertz CT molecular complexity index is 881. The minimum Gasteiger partial charge on any atom is -0.496 e. The van der Waals surface area contributed by atoms with E-state index in [-0.39, 0.29) is 6.03 Å². The highest BCUT2D eigenvalue weighted by atomic mass is 16.5. The van der Waals surface area contributed by atoms with E-state index in [2.05, 4.69) is 9.97 Å². The number of fused-ring (bicyclic) bond motifs is 1. The first-order chi connectivity index (χ1) is 13.2. The lowest BCUT2D eigenvalue weighted by Gasteiger charge is -2.28. The molecule has 27 heavy (non-hydrogen) atoms. The number of anilines is 2. The summed E-state index contributed by atoms with van der Waals surface area (Å²) in [6.07, 6.45) is 3.61. The van der Waals surface area contributed by atoms with Crippen LogP contribution in [-0.2, 0) is 4.79 Å². The number of para-hydroxylation sites is 1. The third kappa shape index (κ3) is 2.77. The van der Waals surface area contributed by atoms with Crippen LogP contribution in [0.5, 0.6) is 5.75 Å². The number of nitrogens with zero attached hydrogens (tertiary/aromatic N) is 5. The number of likely N-dealkylation sites (tertiary alicyclic amines) is 1. The number of benzene rings is 1. The van der Waals surface area contributed by atoms with Gasteiger partial charge in [0.1, 0.15) is 11.4 Å². The highest BCUT2D eigenvalue weighted by molar-refractivity contribution is 6.03. The van der Waals surface area contributed by atoms with Gasteiger partial charge in [0.25, 0.3) is 0 Å². The number of amides is 2. The standard InChI is InChI=1S/C19H21N5O3/c1-22-16(12-25)24(19(26)23-9-5-6-10-23)14-11-20-17(21-18(14)22)13-7-3-4-8-15(13)27-2/h3-4,7-8,11-12,16H,5-6,9-10H2,1-2H3. The highest BCUT2D eigenvalue weighted by Gasteiger charge is 2.41. The minimum absolute atomic E-state index is 0.177. The van der Waals surface area contributed by atoms with Gasteiger partial charge in [-0.15, -0.1) is 0 Å². The predicted octanol–water partition coefficient (Wildman–Crippen LogP) is 2.15. The maximum atomic E-state index is 13.0. The van der Waals surface area contributed by atoms with Crippen molar-refractivity contribution in [1.82, 2.24) is 14.9 Å². The number of carbonyl (C=O) groups is 2. The molecule has 140 valence electrons. The lowest BCUT2D eigenvalue weighted by atomic mass is 10.2. The third-order valence-electron chi connectivity index (χ3n) is 5.06. The molecule has 3 heterocycles. The molecular formula is C19H21N5O3. The van der Waals surface area contributed by atoms with Crippen molar-refractivity contribution in [3.63, 3.8) is 0 Å². The number of ether oxygens (including phenoxy) is 1. The van der Waals surface area contributed by atoms with Gasteiger partial charge in [-0.3, -0.25) is 9.69 Å². The van der Waals surface area contributed by atoms with Crippen LogP contribution in [0.4, 0.5) is 16.3 Å². The number of likely N-dealkylation sites (N-methyl/N-ethyl adjacent to an activating group) is 1. The molecule has 0 saturated carbocycles. The normalized spacial score (nSPS) is 18.6. The Morgan fingerprint density at radius 1 is 1.26 bits per heavy atom. The highest BCUT2D eigenvalue weighted by Crippen LogP contribution is 2.39. The Morgan fingerprint density at radius 2 is 2.00 bits per heavy atom. The summed E-state index contributed by atoms with van der Waals surface area (Å²) in [6, 6.07) is 7.30. The van der Waals surface area contributed by atoms with Crippen LogP contribution in [0.3, 0.4) is 0 Å². The fourth-order valence-electron chi connectivity index (χ4n) is 3.63. The Balaban J connectivity index is 1.76. The van der Waals surface area contributed by atoms with E-state index >= 15 is 0 Å². The quantitative estimate of drug-likeness (QED) is 0.774. The molecule has 1 atom stereocenters. The fourth-order valence-corrected chi connectivity index (χ4v) is 3.63. The van der Waals surface area contributed by atoms with Crippen LogP contribution in [0.25, 0.3) is 11.4 Å². The SMILES string of the molecule is COc1ccccc1-c1ncc2c(n1)N(C)C(C=O)N2C(=O)N1CCCC1. The third-order valence-corrected chi connectivity index (χ3v) is 5.06. The first-order valence-electron chi connectivity index (χ1n) is 8.92. The van der Waals surface area contributed by atoms with Gasteiger partial charge in [-0.1, -0.05) is 12.1 Å². The van der Waals surface area contributed by atoms with Gasteiger partial charge in [-0.2, -0.15) is 0 Å². The summed E-state index contributed by atoms with van der Waals surface area (Å²) in [5, 5.41) is 0.